The molecule has 3 aliphatic rings. The Morgan fingerprint density at radius 1 is 0.714 bits per heavy atom. The topological polar surface area (TPSA) is 20.2 Å². The van der Waals surface area contributed by atoms with Crippen LogP contribution in [0, 0.1) is 18.6 Å². The Labute approximate surface area is 158 Å². The highest BCUT2D eigenvalue weighted by Crippen LogP contribution is 2.71. The molecule has 0 amide bonds. The zero-order valence-electron chi connectivity index (χ0n) is 15.0. The van der Waals surface area contributed by atoms with Gasteiger partial charge in [-0.2, -0.15) is 22.0 Å². The Kier molecular flexibility index (Phi) is 3.88. The minimum Gasteiger partial charge on any atom is -0.505 e. The van der Waals surface area contributed by atoms with E-state index in [9.17, 15) is 13.9 Å². The summed E-state index contributed by atoms with van der Waals surface area (Å²) in [7, 11) is 0. The Morgan fingerprint density at radius 3 is 1.79 bits per heavy atom. The van der Waals surface area contributed by atoms with Crippen molar-refractivity contribution in [3.63, 3.8) is 0 Å². The fraction of sp³-hybridized carbons (Fsp3) is 0.429. The molecule has 2 aromatic carbocycles. The molecular formula is C21H18F6O. The van der Waals surface area contributed by atoms with Crippen molar-refractivity contribution in [2.45, 2.75) is 55.3 Å². The van der Waals surface area contributed by atoms with Crippen LogP contribution in [0.2, 0.25) is 0 Å². The molecule has 0 spiro atoms. The zero-order chi connectivity index (χ0) is 20.5. The van der Waals surface area contributed by atoms with E-state index in [-0.39, 0.29) is 18.4 Å². The van der Waals surface area contributed by atoms with E-state index in [4.69, 9.17) is 0 Å². The number of rotatable bonds is 2. The Balaban J connectivity index is 1.89. The smallest absolute Gasteiger partial charge is 0.320 e. The monoisotopic (exact) mass is 400 g/mol. The van der Waals surface area contributed by atoms with Crippen LogP contribution in [0.5, 0.6) is 5.75 Å². The molecule has 7 heteroatoms. The number of aryl methyl sites for hydroxylation is 1. The Bertz CT molecular complexity index is 927. The summed E-state index contributed by atoms with van der Waals surface area (Å²) >= 11 is 0. The summed E-state index contributed by atoms with van der Waals surface area (Å²) in [4.78, 5) is 0. The van der Waals surface area contributed by atoms with Gasteiger partial charge >= 0.3 is 11.8 Å². The lowest BCUT2D eigenvalue weighted by Crippen LogP contribution is -2.72. The van der Waals surface area contributed by atoms with Crippen molar-refractivity contribution in [2.75, 3.05) is 0 Å². The van der Waals surface area contributed by atoms with Crippen LogP contribution in [0.3, 0.4) is 0 Å². The average Bonchev–Trinajstić information content (AvgIpc) is 2.65. The molecule has 5 rings (SSSR count). The highest BCUT2D eigenvalue weighted by molar-refractivity contribution is 5.45. The maximum Gasteiger partial charge on any atom is 0.320 e. The largest absolute Gasteiger partial charge is 0.505 e. The quantitative estimate of drug-likeness (QED) is 0.612. The van der Waals surface area contributed by atoms with Crippen LogP contribution >= 0.6 is 0 Å². The van der Waals surface area contributed by atoms with Gasteiger partial charge in [-0.25, -0.2) is 4.39 Å². The van der Waals surface area contributed by atoms with Crippen LogP contribution in [-0.2, 0) is 10.8 Å². The number of phenols is 1. The van der Waals surface area contributed by atoms with Crippen molar-refractivity contribution >= 4 is 0 Å². The van der Waals surface area contributed by atoms with Gasteiger partial charge in [-0.3, -0.25) is 0 Å². The number of benzene rings is 2. The van der Waals surface area contributed by atoms with Crippen molar-refractivity contribution in [2.24, 2.45) is 0 Å². The van der Waals surface area contributed by atoms with Gasteiger partial charge < -0.3 is 5.11 Å². The Morgan fingerprint density at radius 2 is 1.21 bits per heavy atom. The first-order chi connectivity index (χ1) is 13.0. The van der Waals surface area contributed by atoms with Crippen molar-refractivity contribution in [3.05, 3.63) is 64.7 Å². The molecule has 0 aliphatic heterocycles. The summed E-state index contributed by atoms with van der Waals surface area (Å²) in [5.74, 6) is -13.5. The average molecular weight is 400 g/mol. The minimum atomic E-state index is -4.59. The second kappa shape index (κ2) is 5.67. The van der Waals surface area contributed by atoms with Gasteiger partial charge in [-0.05, 0) is 44.2 Å². The highest BCUT2D eigenvalue weighted by Gasteiger charge is 2.82. The van der Waals surface area contributed by atoms with Crippen LogP contribution in [0.4, 0.5) is 26.3 Å². The molecule has 3 saturated carbocycles. The standard InChI is InChI=1S/C21H18F6O/c1-12-2-4-13(5-3-12)18-8-10-19(11-9-18,21(26,27)20(18,24)25)14-6-7-15(28)17(23)16(14)22/h2-7,28H,8-11H2,1H3. The van der Waals surface area contributed by atoms with Crippen LogP contribution in [0.1, 0.15) is 42.4 Å². The lowest BCUT2D eigenvalue weighted by atomic mass is 9.46. The summed E-state index contributed by atoms with van der Waals surface area (Å²) in [6.07, 6.45) is -1.38. The molecule has 3 fully saturated rings. The second-order valence-electron chi connectivity index (χ2n) is 7.94. The van der Waals surface area contributed by atoms with Gasteiger partial charge in [0.2, 0.25) is 5.82 Å². The van der Waals surface area contributed by atoms with E-state index in [1.54, 1.807) is 19.1 Å². The number of phenolic OH excluding ortho intramolecular Hbond substituents is 1. The maximum absolute atomic E-state index is 15.3. The van der Waals surface area contributed by atoms with Gasteiger partial charge in [0.05, 0.1) is 10.8 Å². The molecule has 0 heterocycles. The normalized spacial score (nSPS) is 30.4. The number of aromatic hydroxyl groups is 1. The zero-order valence-corrected chi connectivity index (χ0v) is 15.0. The summed E-state index contributed by atoms with van der Waals surface area (Å²) in [5, 5.41) is 9.28. The van der Waals surface area contributed by atoms with E-state index in [1.807, 2.05) is 0 Å². The summed E-state index contributed by atoms with van der Waals surface area (Å²) in [5.41, 5.74) is -4.43. The van der Waals surface area contributed by atoms with Gasteiger partial charge in [0, 0.05) is 5.56 Å². The molecular weight excluding hydrogens is 382 g/mol. The summed E-state index contributed by atoms with van der Waals surface area (Å²) < 4.78 is 89.6. The molecule has 150 valence electrons. The van der Waals surface area contributed by atoms with Gasteiger partial charge in [0.25, 0.3) is 0 Å². The molecule has 2 aromatic rings. The predicted molar refractivity (Wildman–Crippen MR) is 90.9 cm³/mol. The third-order valence-corrected chi connectivity index (χ3v) is 6.74. The molecule has 0 radical (unpaired) electrons. The van der Waals surface area contributed by atoms with E-state index in [2.05, 4.69) is 0 Å². The van der Waals surface area contributed by atoms with Crippen molar-refractivity contribution in [1.82, 2.24) is 0 Å². The van der Waals surface area contributed by atoms with Crippen LogP contribution < -0.4 is 0 Å². The SMILES string of the molecule is Cc1ccc(C23CCC(c4ccc(O)c(F)c4F)(CC2)C(F)(F)C3(F)F)cc1. The van der Waals surface area contributed by atoms with Gasteiger partial charge in [-0.15, -0.1) is 0 Å². The predicted octanol–water partition coefficient (Wildman–Crippen LogP) is 6.01. The lowest BCUT2D eigenvalue weighted by molar-refractivity contribution is -0.324. The van der Waals surface area contributed by atoms with E-state index >= 15 is 17.6 Å². The van der Waals surface area contributed by atoms with Gasteiger partial charge in [0.15, 0.2) is 11.6 Å². The van der Waals surface area contributed by atoms with Crippen molar-refractivity contribution < 1.29 is 31.4 Å². The fourth-order valence-electron chi connectivity index (χ4n) is 5.02. The van der Waals surface area contributed by atoms with Crippen LogP contribution in [0.25, 0.3) is 0 Å². The van der Waals surface area contributed by atoms with Gasteiger partial charge in [0.1, 0.15) is 0 Å². The third kappa shape index (κ3) is 2.05. The number of alkyl halides is 4. The number of fused-ring (bicyclic) bond motifs is 3. The van der Waals surface area contributed by atoms with Gasteiger partial charge in [-0.1, -0.05) is 35.9 Å². The Hall–Kier alpha value is -2.18. The molecule has 2 bridgehead atoms. The van der Waals surface area contributed by atoms with E-state index in [1.165, 1.54) is 12.1 Å². The fourth-order valence-corrected chi connectivity index (χ4v) is 5.02. The molecule has 1 N–H and O–H groups in total. The second-order valence-corrected chi connectivity index (χ2v) is 7.94. The lowest BCUT2D eigenvalue weighted by Gasteiger charge is -2.61. The summed E-state index contributed by atoms with van der Waals surface area (Å²) in [6, 6.07) is 7.61. The van der Waals surface area contributed by atoms with E-state index in [0.717, 1.165) is 17.7 Å². The molecule has 1 nitrogen and oxygen atoms in total. The third-order valence-electron chi connectivity index (χ3n) is 6.74. The van der Waals surface area contributed by atoms with Crippen LogP contribution in [-0.4, -0.2) is 17.0 Å². The molecule has 3 aliphatic carbocycles. The molecule has 0 atom stereocenters. The first-order valence-electron chi connectivity index (χ1n) is 9.00. The van der Waals surface area contributed by atoms with E-state index < -0.39 is 58.5 Å². The molecule has 0 unspecified atom stereocenters. The maximum atomic E-state index is 15.3. The van der Waals surface area contributed by atoms with Crippen molar-refractivity contribution in [3.8, 4) is 5.75 Å². The molecule has 28 heavy (non-hydrogen) atoms. The number of halogens is 6. The summed E-state index contributed by atoms with van der Waals surface area (Å²) in [6.45, 7) is 1.77. The number of hydrogen-bond donors (Lipinski definition) is 1. The van der Waals surface area contributed by atoms with E-state index in [0.29, 0.717) is 0 Å². The van der Waals surface area contributed by atoms with Crippen LogP contribution in [0.15, 0.2) is 36.4 Å². The minimum absolute atomic E-state index is 0.133. The first-order valence-corrected chi connectivity index (χ1v) is 9.00. The number of hydrogen-bond acceptors (Lipinski definition) is 1. The molecule has 0 saturated heterocycles. The highest BCUT2D eigenvalue weighted by atomic mass is 19.3. The first kappa shape index (κ1) is 19.2. The van der Waals surface area contributed by atoms with Crippen molar-refractivity contribution in [1.29, 1.82) is 0 Å². The molecule has 0 aromatic heterocycles.